The molecule has 0 amide bonds. The summed E-state index contributed by atoms with van der Waals surface area (Å²) in [5, 5.41) is 20.2. The van der Waals surface area contributed by atoms with Crippen molar-refractivity contribution in [3.63, 3.8) is 0 Å². The molecule has 8 nitrogen and oxygen atoms in total. The lowest BCUT2D eigenvalue weighted by Crippen LogP contribution is -2.24. The number of hydrogen-bond donors (Lipinski definition) is 4. The zero-order valence-corrected chi connectivity index (χ0v) is 33.6. The number of rotatable bonds is 10. The van der Waals surface area contributed by atoms with Crippen LogP contribution in [0, 0.1) is 11.8 Å². The van der Waals surface area contributed by atoms with Crippen molar-refractivity contribution in [3.05, 3.63) is 118 Å². The Kier molecular flexibility index (Phi) is 15.6. The zero-order chi connectivity index (χ0) is 38.5. The number of hydrogen-bond acceptors (Lipinski definition) is 6. The van der Waals surface area contributed by atoms with Crippen LogP contribution in [0.4, 0.5) is 22.7 Å². The maximum Gasteiger partial charge on any atom is 0.126 e. The van der Waals surface area contributed by atoms with Crippen LogP contribution in [0.25, 0.3) is 0 Å². The van der Waals surface area contributed by atoms with Crippen molar-refractivity contribution in [2.24, 2.45) is 21.8 Å². The standard InChI is InChI=1S/2C22H28ClN3O/c2*1-26(2)21-12-10-18(11-13-21)17-8-6-16(7-9-17)14-22(25-27)24-20-5-3-4-19(23)15-20/h2*3-5,10-13,15-17,27H,6-9,14H2,1-2H3,(H,24,25). The maximum absolute atomic E-state index is 9.47. The average Bonchev–Trinajstić information content (AvgIpc) is 3.18. The summed E-state index contributed by atoms with van der Waals surface area (Å²) in [6.07, 6.45) is 10.8. The Morgan fingerprint density at radius 1 is 0.556 bits per heavy atom. The van der Waals surface area contributed by atoms with Gasteiger partial charge in [0.25, 0.3) is 0 Å². The number of nitrogens with zero attached hydrogens (tertiary/aromatic N) is 4. The van der Waals surface area contributed by atoms with Crippen LogP contribution in [0.3, 0.4) is 0 Å². The van der Waals surface area contributed by atoms with E-state index in [-0.39, 0.29) is 0 Å². The van der Waals surface area contributed by atoms with Crippen LogP contribution in [0.2, 0.25) is 10.0 Å². The fourth-order valence-corrected chi connectivity index (χ4v) is 8.04. The number of halogens is 2. The van der Waals surface area contributed by atoms with Gasteiger partial charge in [-0.25, -0.2) is 9.98 Å². The minimum atomic E-state index is 0.542. The van der Waals surface area contributed by atoms with Gasteiger partial charge in [0.1, 0.15) is 11.7 Å². The molecule has 4 aromatic carbocycles. The van der Waals surface area contributed by atoms with Gasteiger partial charge >= 0.3 is 0 Å². The molecule has 0 heterocycles. The molecule has 0 bridgehead atoms. The second-order valence-corrected chi connectivity index (χ2v) is 16.0. The van der Waals surface area contributed by atoms with Crippen molar-refractivity contribution in [1.29, 1.82) is 0 Å². The first-order valence-corrected chi connectivity index (χ1v) is 19.9. The summed E-state index contributed by atoms with van der Waals surface area (Å²) in [7, 11) is 8.27. The van der Waals surface area contributed by atoms with Crippen molar-refractivity contribution in [1.82, 2.24) is 11.0 Å². The summed E-state index contributed by atoms with van der Waals surface area (Å²) in [5.41, 5.74) is 11.4. The number of anilines is 2. The van der Waals surface area contributed by atoms with Gasteiger partial charge in [-0.3, -0.25) is 21.4 Å². The minimum absolute atomic E-state index is 0.542. The summed E-state index contributed by atoms with van der Waals surface area (Å²) >= 11 is 12.0. The molecule has 4 aromatic rings. The second kappa shape index (κ2) is 20.6. The van der Waals surface area contributed by atoms with E-state index < -0.39 is 0 Å². The molecule has 2 aliphatic rings. The van der Waals surface area contributed by atoms with Crippen LogP contribution in [-0.2, 0) is 0 Å². The molecule has 0 saturated heterocycles. The van der Waals surface area contributed by atoms with Gasteiger partial charge in [-0.15, -0.1) is 0 Å². The number of hydroxylamine groups is 2. The van der Waals surface area contributed by atoms with E-state index in [0.29, 0.717) is 45.4 Å². The highest BCUT2D eigenvalue weighted by Crippen LogP contribution is 2.39. The Morgan fingerprint density at radius 3 is 1.20 bits per heavy atom. The predicted molar refractivity (Wildman–Crippen MR) is 227 cm³/mol. The predicted octanol–water partition coefficient (Wildman–Crippen LogP) is 11.6. The summed E-state index contributed by atoms with van der Waals surface area (Å²) < 4.78 is 0. The lowest BCUT2D eigenvalue weighted by Gasteiger charge is -2.29. The molecule has 54 heavy (non-hydrogen) atoms. The minimum Gasteiger partial charge on any atom is -0.378 e. The zero-order valence-electron chi connectivity index (χ0n) is 32.1. The largest absolute Gasteiger partial charge is 0.378 e. The van der Waals surface area contributed by atoms with Gasteiger partial charge in [0, 0.05) is 62.5 Å². The van der Waals surface area contributed by atoms with Crippen molar-refractivity contribution in [2.75, 3.05) is 38.0 Å². The monoisotopic (exact) mass is 770 g/mol. The fraction of sp³-hybridized carbons (Fsp3) is 0.409. The first-order chi connectivity index (χ1) is 26.1. The van der Waals surface area contributed by atoms with E-state index >= 15 is 0 Å². The molecule has 0 aliphatic heterocycles. The highest BCUT2D eigenvalue weighted by Gasteiger charge is 2.25. The third kappa shape index (κ3) is 12.5. The van der Waals surface area contributed by atoms with Crippen molar-refractivity contribution >= 4 is 57.6 Å². The van der Waals surface area contributed by atoms with Gasteiger partial charge in [-0.1, -0.05) is 59.6 Å². The topological polar surface area (TPSA) is 95.7 Å². The number of amidine groups is 2. The third-order valence-electron chi connectivity index (χ3n) is 10.8. The van der Waals surface area contributed by atoms with E-state index in [1.54, 1.807) is 12.1 Å². The lowest BCUT2D eigenvalue weighted by atomic mass is 9.77. The van der Waals surface area contributed by atoms with Gasteiger partial charge in [-0.2, -0.15) is 0 Å². The van der Waals surface area contributed by atoms with Crippen molar-refractivity contribution in [3.8, 4) is 0 Å². The maximum atomic E-state index is 9.47. The smallest absolute Gasteiger partial charge is 0.126 e. The Hall–Kier alpha value is -4.08. The average molecular weight is 772 g/mol. The molecule has 0 aromatic heterocycles. The molecule has 6 rings (SSSR count). The lowest BCUT2D eigenvalue weighted by molar-refractivity contribution is 0.226. The van der Waals surface area contributed by atoms with Crippen LogP contribution < -0.4 is 20.8 Å². The quantitative estimate of drug-likeness (QED) is 0.0728. The van der Waals surface area contributed by atoms with Crippen LogP contribution in [0.1, 0.15) is 87.2 Å². The normalized spacial score (nSPS) is 20.4. The van der Waals surface area contributed by atoms with Crippen molar-refractivity contribution < 1.29 is 10.4 Å². The first kappa shape index (κ1) is 41.1. The molecule has 0 atom stereocenters. The third-order valence-corrected chi connectivity index (χ3v) is 11.3. The molecule has 2 saturated carbocycles. The molecule has 2 fully saturated rings. The van der Waals surface area contributed by atoms with Crippen LogP contribution >= 0.6 is 23.2 Å². The Labute approximate surface area is 331 Å². The molecule has 2 aliphatic carbocycles. The van der Waals surface area contributed by atoms with Crippen LogP contribution in [-0.4, -0.2) is 50.3 Å². The summed E-state index contributed by atoms with van der Waals surface area (Å²) in [5.74, 6) is 3.56. The number of aliphatic imine (C=N–C) groups is 2. The Balaban J connectivity index is 0.000000208. The van der Waals surface area contributed by atoms with Crippen molar-refractivity contribution in [2.45, 2.75) is 76.0 Å². The van der Waals surface area contributed by atoms with Gasteiger partial charge in [0.2, 0.25) is 0 Å². The molecule has 10 heteroatoms. The molecule has 0 spiro atoms. The molecular weight excluding hydrogens is 715 g/mol. The Bertz CT molecular complexity index is 1660. The molecule has 0 radical (unpaired) electrons. The molecular formula is C44H56Cl2N6O2. The van der Waals surface area contributed by atoms with E-state index in [9.17, 15) is 10.4 Å². The molecule has 4 N–H and O–H groups in total. The summed E-state index contributed by atoms with van der Waals surface area (Å²) in [6, 6.07) is 32.6. The van der Waals surface area contributed by atoms with Gasteiger partial charge in [0.15, 0.2) is 0 Å². The van der Waals surface area contributed by atoms with E-state index in [1.165, 1.54) is 48.2 Å². The molecule has 0 unspecified atom stereocenters. The fourth-order valence-electron chi connectivity index (χ4n) is 7.67. The van der Waals surface area contributed by atoms with E-state index in [2.05, 4.69) is 107 Å². The SMILES string of the molecule is CN(C)c1ccc(C2CCC(CC(=Nc3cccc(Cl)c3)NO)CC2)cc1.CN(C)c1ccc(C2CCC(CC(=Nc3cccc(Cl)c3)NO)CC2)cc1. The van der Waals surface area contributed by atoms with Crippen LogP contribution in [0.5, 0.6) is 0 Å². The van der Waals surface area contributed by atoms with Gasteiger partial charge in [-0.05, 0) is 147 Å². The summed E-state index contributed by atoms with van der Waals surface area (Å²) in [4.78, 5) is 13.3. The Morgan fingerprint density at radius 2 is 0.907 bits per heavy atom. The van der Waals surface area contributed by atoms with Gasteiger partial charge in [0.05, 0.1) is 11.4 Å². The second-order valence-electron chi connectivity index (χ2n) is 15.1. The van der Waals surface area contributed by atoms with Crippen LogP contribution in [0.15, 0.2) is 107 Å². The first-order valence-electron chi connectivity index (χ1n) is 19.1. The molecule has 288 valence electrons. The number of benzene rings is 4. The highest BCUT2D eigenvalue weighted by molar-refractivity contribution is 6.31. The van der Waals surface area contributed by atoms with E-state index in [0.717, 1.165) is 49.9 Å². The summed E-state index contributed by atoms with van der Waals surface area (Å²) in [6.45, 7) is 0. The van der Waals surface area contributed by atoms with E-state index in [1.807, 2.05) is 36.4 Å². The van der Waals surface area contributed by atoms with E-state index in [4.69, 9.17) is 23.2 Å². The van der Waals surface area contributed by atoms with Gasteiger partial charge < -0.3 is 9.80 Å². The highest BCUT2D eigenvalue weighted by atomic mass is 35.5. The number of nitrogens with one attached hydrogen (secondary N) is 2.